The van der Waals surface area contributed by atoms with Gasteiger partial charge in [0.15, 0.2) is 0 Å². The molecule has 0 aromatic carbocycles. The molecule has 3 rings (SSSR count). The van der Waals surface area contributed by atoms with E-state index in [0.29, 0.717) is 0 Å². The highest BCUT2D eigenvalue weighted by molar-refractivity contribution is 7.15. The highest BCUT2D eigenvalue weighted by Crippen LogP contribution is 2.25. The topological polar surface area (TPSA) is 37.8 Å². The molecule has 0 spiro atoms. The van der Waals surface area contributed by atoms with Gasteiger partial charge in [-0.15, -0.1) is 11.3 Å². The summed E-state index contributed by atoms with van der Waals surface area (Å²) in [7, 11) is 0. The molecule has 1 aliphatic carbocycles. The molecule has 0 saturated carbocycles. The fourth-order valence-electron chi connectivity index (χ4n) is 2.61. The zero-order valence-corrected chi connectivity index (χ0v) is 13.0. The van der Waals surface area contributed by atoms with Crippen molar-refractivity contribution in [1.29, 1.82) is 0 Å². The van der Waals surface area contributed by atoms with Crippen LogP contribution < -0.4 is 5.32 Å². The van der Waals surface area contributed by atoms with E-state index in [1.165, 1.54) is 37.0 Å². The van der Waals surface area contributed by atoms with Crippen molar-refractivity contribution >= 4 is 11.3 Å². The third kappa shape index (κ3) is 4.22. The summed E-state index contributed by atoms with van der Waals surface area (Å²) in [6, 6.07) is 4.04. The molecule has 0 radical (unpaired) electrons. The van der Waals surface area contributed by atoms with Gasteiger partial charge in [0.25, 0.3) is 0 Å². The molecule has 4 heteroatoms. The van der Waals surface area contributed by atoms with Gasteiger partial charge in [-0.05, 0) is 44.7 Å². The first kappa shape index (κ1) is 14.4. The summed E-state index contributed by atoms with van der Waals surface area (Å²) in [5.41, 5.74) is 2.78. The number of nitrogens with zero attached hydrogens (tertiary/aromatic N) is 2. The maximum atomic E-state index is 4.49. The van der Waals surface area contributed by atoms with E-state index < -0.39 is 0 Å². The summed E-state index contributed by atoms with van der Waals surface area (Å²) in [5, 5.41) is 4.65. The van der Waals surface area contributed by atoms with Crippen molar-refractivity contribution in [3.63, 3.8) is 0 Å². The quantitative estimate of drug-likeness (QED) is 0.642. The lowest BCUT2D eigenvalue weighted by Gasteiger charge is -2.12. The van der Waals surface area contributed by atoms with Crippen molar-refractivity contribution in [2.45, 2.75) is 38.6 Å². The van der Waals surface area contributed by atoms with Crippen LogP contribution in [0, 0.1) is 0 Å². The zero-order chi connectivity index (χ0) is 14.3. The van der Waals surface area contributed by atoms with Gasteiger partial charge in [0, 0.05) is 30.7 Å². The largest absolute Gasteiger partial charge is 0.310 e. The minimum absolute atomic E-state index is 0.859. The summed E-state index contributed by atoms with van der Waals surface area (Å²) in [6.45, 7) is 1.91. The number of thiazole rings is 1. The lowest BCUT2D eigenvalue weighted by molar-refractivity contribution is 0.631. The van der Waals surface area contributed by atoms with Crippen LogP contribution in [0.2, 0.25) is 0 Å². The van der Waals surface area contributed by atoms with Crippen LogP contribution >= 0.6 is 11.3 Å². The molecule has 0 atom stereocenters. The highest BCUT2D eigenvalue weighted by Gasteiger charge is 2.05. The molecule has 3 nitrogen and oxygen atoms in total. The summed E-state index contributed by atoms with van der Waals surface area (Å²) in [6.07, 6.45) is 14.5. The Kier molecular flexibility index (Phi) is 5.13. The third-order valence-corrected chi connectivity index (χ3v) is 4.83. The SMILES string of the molecule is C1=C(CCNCc2ncc(-c3cccnc3)s2)CCCC1. The summed E-state index contributed by atoms with van der Waals surface area (Å²) in [4.78, 5) is 9.83. The van der Waals surface area contributed by atoms with Gasteiger partial charge >= 0.3 is 0 Å². The van der Waals surface area contributed by atoms with Crippen molar-refractivity contribution in [1.82, 2.24) is 15.3 Å². The van der Waals surface area contributed by atoms with Gasteiger partial charge in [-0.1, -0.05) is 17.7 Å². The van der Waals surface area contributed by atoms with Crippen LogP contribution in [0.3, 0.4) is 0 Å². The molecule has 0 aliphatic heterocycles. The van der Waals surface area contributed by atoms with E-state index in [-0.39, 0.29) is 0 Å². The summed E-state index contributed by atoms with van der Waals surface area (Å²) < 4.78 is 0. The number of hydrogen-bond acceptors (Lipinski definition) is 4. The average Bonchev–Trinajstić information content (AvgIpc) is 3.02. The Hall–Kier alpha value is -1.52. The molecule has 2 aromatic rings. The molecule has 1 aliphatic rings. The molecule has 0 unspecified atom stereocenters. The van der Waals surface area contributed by atoms with Crippen molar-refractivity contribution in [2.24, 2.45) is 0 Å². The lowest BCUT2D eigenvalue weighted by Crippen LogP contribution is -2.15. The number of pyridine rings is 1. The zero-order valence-electron chi connectivity index (χ0n) is 12.2. The highest BCUT2D eigenvalue weighted by atomic mass is 32.1. The Balaban J connectivity index is 1.46. The Morgan fingerprint density at radius 3 is 3.05 bits per heavy atom. The van der Waals surface area contributed by atoms with Crippen LogP contribution in [0.4, 0.5) is 0 Å². The van der Waals surface area contributed by atoms with Crippen molar-refractivity contribution < 1.29 is 0 Å². The first-order valence-corrected chi connectivity index (χ1v) is 8.47. The predicted octanol–water partition coefficient (Wildman–Crippen LogP) is 4.19. The Morgan fingerprint density at radius 2 is 2.24 bits per heavy atom. The molecular weight excluding hydrogens is 278 g/mol. The number of aromatic nitrogens is 2. The van der Waals surface area contributed by atoms with Crippen molar-refractivity contribution in [3.05, 3.63) is 47.4 Å². The molecule has 0 saturated heterocycles. The van der Waals surface area contributed by atoms with E-state index in [1.807, 2.05) is 18.5 Å². The standard InChI is InChI=1S/C17H21N3S/c1-2-5-14(6-3-1)8-10-19-13-17-20-12-16(21-17)15-7-4-9-18-11-15/h4-5,7,9,11-12,19H,1-3,6,8,10,13H2. The van der Waals surface area contributed by atoms with Gasteiger partial charge in [0.1, 0.15) is 5.01 Å². The maximum Gasteiger partial charge on any atom is 0.107 e. The average molecular weight is 299 g/mol. The van der Waals surface area contributed by atoms with E-state index in [2.05, 4.69) is 27.4 Å². The smallest absolute Gasteiger partial charge is 0.107 e. The summed E-state index contributed by atoms with van der Waals surface area (Å²) >= 11 is 1.74. The molecular formula is C17H21N3S. The number of hydrogen-bond donors (Lipinski definition) is 1. The lowest BCUT2D eigenvalue weighted by atomic mass is 9.97. The van der Waals surface area contributed by atoms with Crippen LogP contribution in [-0.4, -0.2) is 16.5 Å². The second kappa shape index (κ2) is 7.48. The second-order valence-corrected chi connectivity index (χ2v) is 6.51. The van der Waals surface area contributed by atoms with Crippen LogP contribution in [0.5, 0.6) is 0 Å². The first-order chi connectivity index (χ1) is 10.4. The monoisotopic (exact) mass is 299 g/mol. The van der Waals surface area contributed by atoms with Crippen LogP contribution in [0.15, 0.2) is 42.4 Å². The van der Waals surface area contributed by atoms with E-state index in [0.717, 1.165) is 23.7 Å². The van der Waals surface area contributed by atoms with Gasteiger partial charge < -0.3 is 5.32 Å². The van der Waals surface area contributed by atoms with Gasteiger partial charge in [-0.3, -0.25) is 4.98 Å². The van der Waals surface area contributed by atoms with E-state index in [9.17, 15) is 0 Å². The maximum absolute atomic E-state index is 4.49. The summed E-state index contributed by atoms with van der Waals surface area (Å²) in [5.74, 6) is 0. The normalized spacial score (nSPS) is 15.0. The minimum Gasteiger partial charge on any atom is -0.310 e. The van der Waals surface area contributed by atoms with E-state index in [4.69, 9.17) is 0 Å². The number of allylic oxidation sites excluding steroid dienone is 1. The van der Waals surface area contributed by atoms with Crippen molar-refractivity contribution in [3.8, 4) is 10.4 Å². The first-order valence-electron chi connectivity index (χ1n) is 7.65. The molecule has 21 heavy (non-hydrogen) atoms. The van der Waals surface area contributed by atoms with Gasteiger partial charge in [-0.2, -0.15) is 0 Å². The molecule has 0 bridgehead atoms. The van der Waals surface area contributed by atoms with Crippen LogP contribution in [0.25, 0.3) is 10.4 Å². The minimum atomic E-state index is 0.859. The second-order valence-electron chi connectivity index (χ2n) is 5.39. The van der Waals surface area contributed by atoms with Crippen LogP contribution in [0.1, 0.15) is 37.1 Å². The third-order valence-electron chi connectivity index (χ3n) is 3.78. The fourth-order valence-corrected chi connectivity index (χ4v) is 3.49. The predicted molar refractivity (Wildman–Crippen MR) is 88.2 cm³/mol. The van der Waals surface area contributed by atoms with Crippen molar-refractivity contribution in [2.75, 3.05) is 6.54 Å². The Morgan fingerprint density at radius 1 is 1.24 bits per heavy atom. The number of rotatable bonds is 6. The molecule has 110 valence electrons. The fraction of sp³-hybridized carbons (Fsp3) is 0.412. The molecule has 0 fully saturated rings. The Bertz CT molecular complexity index is 589. The van der Waals surface area contributed by atoms with Gasteiger partial charge in [0.2, 0.25) is 0 Å². The molecule has 2 heterocycles. The van der Waals surface area contributed by atoms with Gasteiger partial charge in [-0.25, -0.2) is 4.98 Å². The molecule has 1 N–H and O–H groups in total. The number of nitrogens with one attached hydrogen (secondary N) is 1. The molecule has 2 aromatic heterocycles. The Labute approximate surface area is 130 Å². The van der Waals surface area contributed by atoms with Gasteiger partial charge in [0.05, 0.1) is 4.88 Å². The van der Waals surface area contributed by atoms with Crippen LogP contribution in [-0.2, 0) is 6.54 Å². The van der Waals surface area contributed by atoms with E-state index >= 15 is 0 Å². The van der Waals surface area contributed by atoms with E-state index in [1.54, 1.807) is 23.1 Å². The molecule has 0 amide bonds.